The van der Waals surface area contributed by atoms with Gasteiger partial charge in [-0.3, -0.25) is 9.59 Å². The van der Waals surface area contributed by atoms with E-state index in [2.05, 4.69) is 20.6 Å². The zero-order valence-corrected chi connectivity index (χ0v) is 10.8. The second-order valence-corrected chi connectivity index (χ2v) is 5.21. The van der Waals surface area contributed by atoms with Crippen molar-refractivity contribution in [1.82, 2.24) is 20.6 Å². The Kier molecular flexibility index (Phi) is 3.12. The molecular formula is C12H12N4O2S. The SMILES string of the molecule is O=C1NC(C(=O)NCc2nc3ccccc3[nH]2)CS1. The van der Waals surface area contributed by atoms with Gasteiger partial charge in [0, 0.05) is 5.75 Å². The van der Waals surface area contributed by atoms with Gasteiger partial charge in [-0.15, -0.1) is 0 Å². The first-order valence-electron chi connectivity index (χ1n) is 5.87. The Labute approximate surface area is 113 Å². The van der Waals surface area contributed by atoms with Crippen LogP contribution in [0.25, 0.3) is 11.0 Å². The van der Waals surface area contributed by atoms with E-state index in [1.165, 1.54) is 0 Å². The fourth-order valence-electron chi connectivity index (χ4n) is 1.91. The average Bonchev–Trinajstić information content (AvgIpc) is 3.01. The van der Waals surface area contributed by atoms with Crippen LogP contribution in [0, 0.1) is 0 Å². The Morgan fingerprint density at radius 2 is 2.32 bits per heavy atom. The summed E-state index contributed by atoms with van der Waals surface area (Å²) in [5.74, 6) is 0.996. The number of nitrogens with zero attached hydrogens (tertiary/aromatic N) is 1. The van der Waals surface area contributed by atoms with Crippen LogP contribution < -0.4 is 10.6 Å². The molecule has 1 aromatic heterocycles. The molecule has 98 valence electrons. The Morgan fingerprint density at radius 3 is 3.05 bits per heavy atom. The molecule has 19 heavy (non-hydrogen) atoms. The molecule has 0 saturated carbocycles. The van der Waals surface area contributed by atoms with Gasteiger partial charge in [-0.2, -0.15) is 0 Å². The van der Waals surface area contributed by atoms with Crippen molar-refractivity contribution in [1.29, 1.82) is 0 Å². The van der Waals surface area contributed by atoms with E-state index >= 15 is 0 Å². The molecule has 0 spiro atoms. The summed E-state index contributed by atoms with van der Waals surface area (Å²) in [5, 5.41) is 5.21. The van der Waals surface area contributed by atoms with Crippen molar-refractivity contribution in [2.75, 3.05) is 5.75 Å². The number of thioether (sulfide) groups is 1. The quantitative estimate of drug-likeness (QED) is 0.780. The molecular weight excluding hydrogens is 264 g/mol. The van der Waals surface area contributed by atoms with Crippen LogP contribution in [0.15, 0.2) is 24.3 Å². The highest BCUT2D eigenvalue weighted by molar-refractivity contribution is 8.14. The highest BCUT2D eigenvalue weighted by Crippen LogP contribution is 2.13. The number of hydrogen-bond donors (Lipinski definition) is 3. The van der Waals surface area contributed by atoms with Crippen molar-refractivity contribution >= 4 is 33.9 Å². The predicted octanol–water partition coefficient (Wildman–Crippen LogP) is 1.00. The summed E-state index contributed by atoms with van der Waals surface area (Å²) in [6.45, 7) is 0.324. The third-order valence-electron chi connectivity index (χ3n) is 2.86. The first-order valence-corrected chi connectivity index (χ1v) is 6.85. The topological polar surface area (TPSA) is 86.9 Å². The number of aromatic amines is 1. The summed E-state index contributed by atoms with van der Waals surface area (Å²) in [4.78, 5) is 30.3. The molecule has 0 aliphatic carbocycles. The summed E-state index contributed by atoms with van der Waals surface area (Å²) in [6, 6.07) is 7.24. The highest BCUT2D eigenvalue weighted by Gasteiger charge is 2.27. The van der Waals surface area contributed by atoms with Crippen molar-refractivity contribution in [3.63, 3.8) is 0 Å². The maximum absolute atomic E-state index is 11.8. The molecule has 1 aromatic carbocycles. The van der Waals surface area contributed by atoms with E-state index in [0.717, 1.165) is 22.8 Å². The number of carbonyl (C=O) groups excluding carboxylic acids is 2. The number of rotatable bonds is 3. The molecule has 0 bridgehead atoms. The molecule has 6 nitrogen and oxygen atoms in total. The number of aromatic nitrogens is 2. The molecule has 3 N–H and O–H groups in total. The first-order chi connectivity index (χ1) is 9.22. The number of amides is 2. The second kappa shape index (κ2) is 4.93. The number of fused-ring (bicyclic) bond motifs is 1. The van der Waals surface area contributed by atoms with Crippen molar-refractivity contribution in [2.45, 2.75) is 12.6 Å². The lowest BCUT2D eigenvalue weighted by molar-refractivity contribution is -0.122. The normalized spacial score (nSPS) is 18.5. The molecule has 2 amide bonds. The van der Waals surface area contributed by atoms with Crippen LogP contribution in [-0.4, -0.2) is 32.9 Å². The molecule has 1 unspecified atom stereocenters. The van der Waals surface area contributed by atoms with Crippen LogP contribution in [0.1, 0.15) is 5.82 Å². The minimum atomic E-state index is -0.443. The van der Waals surface area contributed by atoms with E-state index in [-0.39, 0.29) is 11.1 Å². The fraction of sp³-hybridized carbons (Fsp3) is 0.250. The summed E-state index contributed by atoms with van der Waals surface area (Å²) in [7, 11) is 0. The Morgan fingerprint density at radius 1 is 1.47 bits per heavy atom. The molecule has 1 aliphatic rings. The second-order valence-electron chi connectivity index (χ2n) is 4.21. The molecule has 1 aliphatic heterocycles. The summed E-state index contributed by atoms with van der Waals surface area (Å²) < 4.78 is 0. The minimum Gasteiger partial charge on any atom is -0.347 e. The third-order valence-corrected chi connectivity index (χ3v) is 3.74. The molecule has 2 heterocycles. The molecule has 1 fully saturated rings. The molecule has 1 saturated heterocycles. The monoisotopic (exact) mass is 276 g/mol. The summed E-state index contributed by atoms with van der Waals surface area (Å²) >= 11 is 1.12. The van der Waals surface area contributed by atoms with Gasteiger partial charge in [0.2, 0.25) is 5.91 Å². The van der Waals surface area contributed by atoms with Crippen LogP contribution in [-0.2, 0) is 11.3 Å². The molecule has 7 heteroatoms. The van der Waals surface area contributed by atoms with Gasteiger partial charge in [0.15, 0.2) is 0 Å². The van der Waals surface area contributed by atoms with E-state index in [9.17, 15) is 9.59 Å². The molecule has 2 aromatic rings. The van der Waals surface area contributed by atoms with Crippen molar-refractivity contribution < 1.29 is 9.59 Å². The number of hydrogen-bond acceptors (Lipinski definition) is 4. The number of carbonyl (C=O) groups is 2. The fourth-order valence-corrected chi connectivity index (χ4v) is 2.69. The van der Waals surface area contributed by atoms with Gasteiger partial charge in [0.05, 0.1) is 17.6 Å². The van der Waals surface area contributed by atoms with E-state index < -0.39 is 6.04 Å². The van der Waals surface area contributed by atoms with Gasteiger partial charge in [0.1, 0.15) is 11.9 Å². The average molecular weight is 276 g/mol. The van der Waals surface area contributed by atoms with Crippen molar-refractivity contribution in [3.8, 4) is 0 Å². The number of imidazole rings is 1. The maximum atomic E-state index is 11.8. The van der Waals surface area contributed by atoms with E-state index in [4.69, 9.17) is 0 Å². The molecule has 3 rings (SSSR count). The smallest absolute Gasteiger partial charge is 0.279 e. The van der Waals surface area contributed by atoms with Crippen LogP contribution in [0.3, 0.4) is 0 Å². The number of nitrogens with one attached hydrogen (secondary N) is 3. The van der Waals surface area contributed by atoms with Gasteiger partial charge in [-0.1, -0.05) is 23.9 Å². The number of para-hydroxylation sites is 2. The van der Waals surface area contributed by atoms with E-state index in [0.29, 0.717) is 18.1 Å². The molecule has 0 radical (unpaired) electrons. The predicted molar refractivity (Wildman–Crippen MR) is 72.7 cm³/mol. The standard InChI is InChI=1S/C12H12N4O2S/c17-11(9-6-19-12(18)16-9)13-5-10-14-7-3-1-2-4-8(7)15-10/h1-4,9H,5-6H2,(H,13,17)(H,14,15)(H,16,18). The van der Waals surface area contributed by atoms with E-state index in [1.54, 1.807) is 0 Å². The van der Waals surface area contributed by atoms with Gasteiger partial charge in [-0.05, 0) is 12.1 Å². The van der Waals surface area contributed by atoms with Crippen molar-refractivity contribution in [3.05, 3.63) is 30.1 Å². The zero-order valence-electron chi connectivity index (χ0n) is 9.97. The Hall–Kier alpha value is -2.02. The largest absolute Gasteiger partial charge is 0.347 e. The lowest BCUT2D eigenvalue weighted by atomic mass is 10.3. The van der Waals surface area contributed by atoms with Gasteiger partial charge < -0.3 is 15.6 Å². The first kappa shape index (κ1) is 12.0. The van der Waals surface area contributed by atoms with Gasteiger partial charge in [-0.25, -0.2) is 4.98 Å². The van der Waals surface area contributed by atoms with Crippen LogP contribution in [0.4, 0.5) is 4.79 Å². The molecule has 1 atom stereocenters. The van der Waals surface area contributed by atoms with Crippen LogP contribution in [0.2, 0.25) is 0 Å². The third kappa shape index (κ3) is 2.55. The summed E-state index contributed by atoms with van der Waals surface area (Å²) in [6.07, 6.45) is 0. The highest BCUT2D eigenvalue weighted by atomic mass is 32.2. The van der Waals surface area contributed by atoms with Gasteiger partial charge >= 0.3 is 0 Å². The maximum Gasteiger partial charge on any atom is 0.279 e. The zero-order chi connectivity index (χ0) is 13.2. The summed E-state index contributed by atoms with van der Waals surface area (Å²) in [5.41, 5.74) is 1.81. The van der Waals surface area contributed by atoms with Crippen LogP contribution in [0.5, 0.6) is 0 Å². The van der Waals surface area contributed by atoms with Crippen molar-refractivity contribution in [2.24, 2.45) is 0 Å². The van der Waals surface area contributed by atoms with E-state index in [1.807, 2.05) is 24.3 Å². The number of H-pyrrole nitrogens is 1. The lowest BCUT2D eigenvalue weighted by Gasteiger charge is -2.08. The lowest BCUT2D eigenvalue weighted by Crippen LogP contribution is -2.42. The Bertz CT molecular complexity index is 606. The minimum absolute atomic E-state index is 0.149. The van der Waals surface area contributed by atoms with Gasteiger partial charge in [0.25, 0.3) is 5.24 Å². The number of benzene rings is 1. The Balaban J connectivity index is 1.62. The van der Waals surface area contributed by atoms with Crippen LogP contribution >= 0.6 is 11.8 Å².